The van der Waals surface area contributed by atoms with Crippen LogP contribution in [0, 0.1) is 5.41 Å². The maximum Gasteiger partial charge on any atom is 0.206 e. The van der Waals surface area contributed by atoms with Crippen LogP contribution in [0.15, 0.2) is 24.3 Å². The van der Waals surface area contributed by atoms with Crippen LogP contribution in [0.5, 0.6) is 0 Å². The number of hydrogen-bond donors (Lipinski definition) is 1. The number of carbonyl (C=O) groups excluding carboxylic acids is 1. The molecular formula is C10H9NO. The summed E-state index contributed by atoms with van der Waals surface area (Å²) in [6.45, 7) is 0. The monoisotopic (exact) mass is 159 g/mol. The van der Waals surface area contributed by atoms with Gasteiger partial charge in [0.15, 0.2) is 0 Å². The second-order valence-corrected chi connectivity index (χ2v) is 2.96. The lowest BCUT2D eigenvalue weighted by Gasteiger charge is -2.14. The van der Waals surface area contributed by atoms with E-state index in [0.717, 1.165) is 12.0 Å². The van der Waals surface area contributed by atoms with Crippen molar-refractivity contribution in [1.29, 1.82) is 5.41 Å². The number of ketones is 1. The van der Waals surface area contributed by atoms with Gasteiger partial charge in [-0.25, -0.2) is 0 Å². The van der Waals surface area contributed by atoms with Gasteiger partial charge in [-0.05, 0) is 18.4 Å². The summed E-state index contributed by atoms with van der Waals surface area (Å²) in [6.07, 6.45) is 1.43. The standard InChI is InChI=1S/C10H9NO/c11-9-6-5-7-3-1-2-4-8(7)10(9)12/h1-4,11H,5-6H2. The zero-order chi connectivity index (χ0) is 8.55. The predicted octanol–water partition coefficient (Wildman–Crippen LogP) is 1.84. The highest BCUT2D eigenvalue weighted by Crippen LogP contribution is 2.18. The summed E-state index contributed by atoms with van der Waals surface area (Å²) >= 11 is 0. The molecule has 2 nitrogen and oxygen atoms in total. The van der Waals surface area contributed by atoms with Crippen LogP contribution in [-0.4, -0.2) is 11.5 Å². The molecule has 0 radical (unpaired) electrons. The van der Waals surface area contributed by atoms with Gasteiger partial charge in [-0.15, -0.1) is 0 Å². The Morgan fingerprint density at radius 3 is 2.75 bits per heavy atom. The Balaban J connectivity index is 2.56. The van der Waals surface area contributed by atoms with Gasteiger partial charge < -0.3 is 5.41 Å². The zero-order valence-corrected chi connectivity index (χ0v) is 6.63. The molecule has 12 heavy (non-hydrogen) atoms. The van der Waals surface area contributed by atoms with Crippen LogP contribution in [0.3, 0.4) is 0 Å². The SMILES string of the molecule is N=C1CCc2ccccc2C1=O. The van der Waals surface area contributed by atoms with Crippen molar-refractivity contribution >= 4 is 11.5 Å². The first-order chi connectivity index (χ1) is 5.79. The van der Waals surface area contributed by atoms with Crippen molar-refractivity contribution in [3.63, 3.8) is 0 Å². The van der Waals surface area contributed by atoms with Crippen molar-refractivity contribution in [2.75, 3.05) is 0 Å². The first kappa shape index (κ1) is 7.22. The van der Waals surface area contributed by atoms with Crippen LogP contribution in [0.2, 0.25) is 0 Å². The molecule has 0 atom stereocenters. The van der Waals surface area contributed by atoms with Crippen molar-refractivity contribution in [3.05, 3.63) is 35.4 Å². The molecule has 1 aliphatic carbocycles. The largest absolute Gasteiger partial charge is 0.301 e. The maximum atomic E-state index is 11.4. The van der Waals surface area contributed by atoms with Crippen LogP contribution in [0.1, 0.15) is 22.3 Å². The van der Waals surface area contributed by atoms with Gasteiger partial charge in [-0.1, -0.05) is 24.3 Å². The molecular weight excluding hydrogens is 150 g/mol. The normalized spacial score (nSPS) is 16.0. The van der Waals surface area contributed by atoms with Crippen molar-refractivity contribution in [1.82, 2.24) is 0 Å². The Hall–Kier alpha value is -1.44. The number of rotatable bonds is 0. The highest BCUT2D eigenvalue weighted by molar-refractivity contribution is 6.46. The fraction of sp³-hybridized carbons (Fsp3) is 0.200. The van der Waals surface area contributed by atoms with E-state index < -0.39 is 0 Å². The lowest BCUT2D eigenvalue weighted by molar-refractivity contribution is 0.105. The summed E-state index contributed by atoms with van der Waals surface area (Å²) in [4.78, 5) is 11.4. The molecule has 60 valence electrons. The van der Waals surface area contributed by atoms with E-state index in [0.29, 0.717) is 12.0 Å². The van der Waals surface area contributed by atoms with Gasteiger partial charge in [0.1, 0.15) is 0 Å². The minimum absolute atomic E-state index is 0.100. The number of carbonyl (C=O) groups is 1. The molecule has 0 saturated carbocycles. The second-order valence-electron chi connectivity index (χ2n) is 2.96. The molecule has 0 bridgehead atoms. The first-order valence-electron chi connectivity index (χ1n) is 3.99. The molecule has 1 aromatic carbocycles. The molecule has 0 aromatic heterocycles. The van der Waals surface area contributed by atoms with Gasteiger partial charge in [0.2, 0.25) is 5.78 Å². The Labute approximate surface area is 70.7 Å². The molecule has 0 fully saturated rings. The van der Waals surface area contributed by atoms with Crippen LogP contribution in [-0.2, 0) is 6.42 Å². The lowest BCUT2D eigenvalue weighted by Crippen LogP contribution is -2.21. The van der Waals surface area contributed by atoms with E-state index in [1.807, 2.05) is 18.2 Å². The maximum absolute atomic E-state index is 11.4. The molecule has 1 aromatic rings. The quantitative estimate of drug-likeness (QED) is 0.616. The van der Waals surface area contributed by atoms with E-state index in [9.17, 15) is 4.79 Å². The minimum atomic E-state index is -0.100. The van der Waals surface area contributed by atoms with Crippen molar-refractivity contribution in [2.45, 2.75) is 12.8 Å². The summed E-state index contributed by atoms with van der Waals surface area (Å²) in [5.41, 5.74) is 2.04. The number of fused-ring (bicyclic) bond motifs is 1. The number of hydrogen-bond acceptors (Lipinski definition) is 2. The van der Waals surface area contributed by atoms with Crippen molar-refractivity contribution in [2.24, 2.45) is 0 Å². The number of aryl methyl sites for hydroxylation is 1. The van der Waals surface area contributed by atoms with Crippen LogP contribution >= 0.6 is 0 Å². The van der Waals surface area contributed by atoms with Gasteiger partial charge in [0, 0.05) is 5.56 Å². The summed E-state index contributed by atoms with van der Waals surface area (Å²) in [7, 11) is 0. The Morgan fingerprint density at radius 1 is 1.17 bits per heavy atom. The Kier molecular flexibility index (Phi) is 1.54. The van der Waals surface area contributed by atoms with Gasteiger partial charge in [0.05, 0.1) is 5.71 Å². The van der Waals surface area contributed by atoms with E-state index >= 15 is 0 Å². The van der Waals surface area contributed by atoms with E-state index in [1.54, 1.807) is 6.07 Å². The molecule has 0 heterocycles. The van der Waals surface area contributed by atoms with E-state index in [4.69, 9.17) is 5.41 Å². The van der Waals surface area contributed by atoms with Gasteiger partial charge in [-0.2, -0.15) is 0 Å². The minimum Gasteiger partial charge on any atom is -0.301 e. The third-order valence-corrected chi connectivity index (χ3v) is 2.18. The van der Waals surface area contributed by atoms with Gasteiger partial charge in [0.25, 0.3) is 0 Å². The Bertz CT molecular complexity index is 355. The van der Waals surface area contributed by atoms with E-state index in [2.05, 4.69) is 0 Å². The molecule has 0 amide bonds. The molecule has 0 unspecified atom stereocenters. The molecule has 1 N–H and O–H groups in total. The van der Waals surface area contributed by atoms with Crippen molar-refractivity contribution in [3.8, 4) is 0 Å². The molecule has 2 rings (SSSR count). The lowest BCUT2D eigenvalue weighted by atomic mass is 9.89. The van der Waals surface area contributed by atoms with Gasteiger partial charge >= 0.3 is 0 Å². The summed E-state index contributed by atoms with van der Waals surface area (Å²) in [5.74, 6) is -0.100. The summed E-state index contributed by atoms with van der Waals surface area (Å²) in [5, 5.41) is 7.38. The fourth-order valence-corrected chi connectivity index (χ4v) is 1.50. The van der Waals surface area contributed by atoms with Crippen molar-refractivity contribution < 1.29 is 4.79 Å². The number of Topliss-reactive ketones (excluding diaryl/α,β-unsaturated/α-hetero) is 1. The molecule has 0 saturated heterocycles. The van der Waals surface area contributed by atoms with E-state index in [-0.39, 0.29) is 11.5 Å². The average molecular weight is 159 g/mol. The highest BCUT2D eigenvalue weighted by Gasteiger charge is 2.20. The highest BCUT2D eigenvalue weighted by atomic mass is 16.1. The fourth-order valence-electron chi connectivity index (χ4n) is 1.50. The Morgan fingerprint density at radius 2 is 1.92 bits per heavy atom. The van der Waals surface area contributed by atoms with E-state index in [1.165, 1.54) is 0 Å². The van der Waals surface area contributed by atoms with Crippen LogP contribution < -0.4 is 0 Å². The molecule has 2 heteroatoms. The number of nitrogens with one attached hydrogen (secondary N) is 1. The summed E-state index contributed by atoms with van der Waals surface area (Å²) in [6, 6.07) is 7.53. The molecule has 0 aliphatic heterocycles. The predicted molar refractivity (Wildman–Crippen MR) is 46.8 cm³/mol. The third kappa shape index (κ3) is 0.961. The molecule has 1 aliphatic rings. The smallest absolute Gasteiger partial charge is 0.206 e. The number of benzene rings is 1. The third-order valence-electron chi connectivity index (χ3n) is 2.18. The average Bonchev–Trinajstić information content (AvgIpc) is 2.12. The second kappa shape index (κ2) is 2.55. The zero-order valence-electron chi connectivity index (χ0n) is 6.63. The van der Waals surface area contributed by atoms with Crippen LogP contribution in [0.4, 0.5) is 0 Å². The molecule has 0 spiro atoms. The summed E-state index contributed by atoms with van der Waals surface area (Å²) < 4.78 is 0. The van der Waals surface area contributed by atoms with Gasteiger partial charge in [-0.3, -0.25) is 4.79 Å². The van der Waals surface area contributed by atoms with Crippen LogP contribution in [0.25, 0.3) is 0 Å². The topological polar surface area (TPSA) is 40.9 Å². The first-order valence-corrected chi connectivity index (χ1v) is 3.99.